The van der Waals surface area contributed by atoms with E-state index < -0.39 is 31.3 Å². The van der Waals surface area contributed by atoms with Crippen LogP contribution >= 0.6 is 11.3 Å². The molecule has 0 aliphatic carbocycles. The molecule has 1 heterocycles. The first-order valence-corrected chi connectivity index (χ1v) is 6.30. The van der Waals surface area contributed by atoms with Crippen molar-refractivity contribution in [3.05, 3.63) is 17.0 Å². The number of aliphatic hydroxyl groups is 3. The standard InChI is InChI=1S/C11H16N2O5S/c1-7(17)12-9-3-2-8(19-9)10(18)13-11(4-14,5-15)6-16/h2-3,14-16H,4-6H2,1H3,(H,12,17)(H,13,18). The number of carbonyl (C=O) groups is 2. The van der Waals surface area contributed by atoms with Gasteiger partial charge in [0.05, 0.1) is 29.7 Å². The lowest BCUT2D eigenvalue weighted by Gasteiger charge is -2.28. The maximum atomic E-state index is 11.9. The monoisotopic (exact) mass is 288 g/mol. The average molecular weight is 288 g/mol. The van der Waals surface area contributed by atoms with Crippen LogP contribution in [0.3, 0.4) is 0 Å². The Morgan fingerprint density at radius 1 is 1.21 bits per heavy atom. The molecular formula is C11H16N2O5S. The second kappa shape index (κ2) is 6.62. The minimum atomic E-state index is -1.46. The van der Waals surface area contributed by atoms with Gasteiger partial charge in [0.2, 0.25) is 5.91 Å². The van der Waals surface area contributed by atoms with E-state index in [4.69, 9.17) is 15.3 Å². The molecule has 0 saturated carbocycles. The maximum absolute atomic E-state index is 11.9. The summed E-state index contributed by atoms with van der Waals surface area (Å²) in [5, 5.41) is 32.7. The van der Waals surface area contributed by atoms with Crippen molar-refractivity contribution in [2.24, 2.45) is 0 Å². The van der Waals surface area contributed by atoms with Crippen molar-refractivity contribution in [3.8, 4) is 0 Å². The number of aliphatic hydroxyl groups excluding tert-OH is 3. The third kappa shape index (κ3) is 4.00. The molecule has 0 radical (unpaired) electrons. The first-order valence-electron chi connectivity index (χ1n) is 5.49. The summed E-state index contributed by atoms with van der Waals surface area (Å²) < 4.78 is 0. The van der Waals surface area contributed by atoms with Crippen LogP contribution in [0.5, 0.6) is 0 Å². The van der Waals surface area contributed by atoms with E-state index in [2.05, 4.69) is 10.6 Å². The number of anilines is 1. The van der Waals surface area contributed by atoms with E-state index in [1.165, 1.54) is 13.0 Å². The number of amides is 2. The van der Waals surface area contributed by atoms with E-state index in [1.807, 2.05) is 0 Å². The van der Waals surface area contributed by atoms with Gasteiger partial charge in [0.1, 0.15) is 5.54 Å². The van der Waals surface area contributed by atoms with E-state index >= 15 is 0 Å². The van der Waals surface area contributed by atoms with Crippen molar-refractivity contribution in [2.75, 3.05) is 25.1 Å². The van der Waals surface area contributed by atoms with Gasteiger partial charge in [-0.2, -0.15) is 0 Å². The van der Waals surface area contributed by atoms with Crippen LogP contribution in [-0.2, 0) is 4.79 Å². The quantitative estimate of drug-likeness (QED) is 0.467. The zero-order chi connectivity index (χ0) is 14.5. The average Bonchev–Trinajstić information content (AvgIpc) is 2.83. The minimum Gasteiger partial charge on any atom is -0.394 e. The number of rotatable bonds is 6. The fraction of sp³-hybridized carbons (Fsp3) is 0.455. The van der Waals surface area contributed by atoms with Gasteiger partial charge in [0.25, 0.3) is 5.91 Å². The smallest absolute Gasteiger partial charge is 0.262 e. The van der Waals surface area contributed by atoms with Crippen molar-refractivity contribution in [1.29, 1.82) is 0 Å². The number of hydrogen-bond donors (Lipinski definition) is 5. The topological polar surface area (TPSA) is 119 Å². The molecule has 0 unspecified atom stereocenters. The number of nitrogens with one attached hydrogen (secondary N) is 2. The highest BCUT2D eigenvalue weighted by atomic mass is 32.1. The zero-order valence-electron chi connectivity index (χ0n) is 10.3. The summed E-state index contributed by atoms with van der Waals surface area (Å²) in [5.74, 6) is -0.789. The van der Waals surface area contributed by atoms with Gasteiger partial charge >= 0.3 is 0 Å². The summed E-state index contributed by atoms with van der Waals surface area (Å²) in [5.41, 5.74) is -1.46. The molecule has 1 aromatic rings. The third-order valence-electron chi connectivity index (χ3n) is 2.42. The van der Waals surface area contributed by atoms with Crippen molar-refractivity contribution in [3.63, 3.8) is 0 Å². The molecule has 0 atom stereocenters. The van der Waals surface area contributed by atoms with Crippen molar-refractivity contribution in [2.45, 2.75) is 12.5 Å². The first kappa shape index (κ1) is 15.6. The van der Waals surface area contributed by atoms with E-state index in [-0.39, 0.29) is 5.91 Å². The lowest BCUT2D eigenvalue weighted by Crippen LogP contribution is -2.56. The normalized spacial score (nSPS) is 11.2. The molecule has 106 valence electrons. The van der Waals surface area contributed by atoms with Gasteiger partial charge in [-0.25, -0.2) is 0 Å². The Bertz CT molecular complexity index is 447. The molecule has 5 N–H and O–H groups in total. The summed E-state index contributed by atoms with van der Waals surface area (Å²) in [6, 6.07) is 3.07. The summed E-state index contributed by atoms with van der Waals surface area (Å²) in [6.07, 6.45) is 0. The van der Waals surface area contributed by atoms with Gasteiger partial charge in [0, 0.05) is 6.92 Å². The summed E-state index contributed by atoms with van der Waals surface area (Å²) in [4.78, 5) is 23.0. The van der Waals surface area contributed by atoms with Crippen LogP contribution in [0.25, 0.3) is 0 Å². The molecule has 19 heavy (non-hydrogen) atoms. The lowest BCUT2D eigenvalue weighted by molar-refractivity contribution is -0.114. The Balaban J connectivity index is 2.77. The summed E-state index contributed by atoms with van der Waals surface area (Å²) in [7, 11) is 0. The van der Waals surface area contributed by atoms with E-state index in [9.17, 15) is 9.59 Å². The van der Waals surface area contributed by atoms with Gasteiger partial charge in [-0.05, 0) is 12.1 Å². The van der Waals surface area contributed by atoms with Crippen LogP contribution < -0.4 is 10.6 Å². The molecule has 1 rings (SSSR count). The molecule has 0 spiro atoms. The predicted molar refractivity (Wildman–Crippen MR) is 70.1 cm³/mol. The van der Waals surface area contributed by atoms with E-state index in [0.717, 1.165) is 11.3 Å². The molecule has 0 saturated heterocycles. The molecule has 2 amide bonds. The number of carbonyl (C=O) groups excluding carboxylic acids is 2. The van der Waals surface area contributed by atoms with Gasteiger partial charge in [-0.3, -0.25) is 9.59 Å². The van der Waals surface area contributed by atoms with Crippen LogP contribution in [-0.4, -0.2) is 52.5 Å². The van der Waals surface area contributed by atoms with Crippen molar-refractivity contribution in [1.82, 2.24) is 5.32 Å². The highest BCUT2D eigenvalue weighted by molar-refractivity contribution is 7.18. The molecular weight excluding hydrogens is 272 g/mol. The molecule has 8 heteroatoms. The molecule has 1 aromatic heterocycles. The Labute approximate surface area is 113 Å². The summed E-state index contributed by atoms with van der Waals surface area (Å²) >= 11 is 1.05. The summed E-state index contributed by atoms with van der Waals surface area (Å²) in [6.45, 7) is -0.408. The van der Waals surface area contributed by atoms with Crippen molar-refractivity contribution < 1.29 is 24.9 Å². The third-order valence-corrected chi connectivity index (χ3v) is 3.42. The molecule has 0 aliphatic heterocycles. The highest BCUT2D eigenvalue weighted by Gasteiger charge is 2.30. The van der Waals surface area contributed by atoms with Crippen LogP contribution in [0.1, 0.15) is 16.6 Å². The van der Waals surface area contributed by atoms with Gasteiger partial charge in [0.15, 0.2) is 0 Å². The number of thiophene rings is 1. The Morgan fingerprint density at radius 3 is 2.26 bits per heavy atom. The predicted octanol–water partition coefficient (Wildman–Crippen LogP) is -0.848. The molecule has 0 aromatic carbocycles. The fourth-order valence-corrected chi connectivity index (χ4v) is 2.12. The van der Waals surface area contributed by atoms with Crippen molar-refractivity contribution >= 4 is 28.2 Å². The maximum Gasteiger partial charge on any atom is 0.262 e. The minimum absolute atomic E-state index is 0.246. The van der Waals surface area contributed by atoms with Crippen LogP contribution in [0.15, 0.2) is 12.1 Å². The second-order valence-corrected chi connectivity index (χ2v) is 5.14. The van der Waals surface area contributed by atoms with Gasteiger partial charge in [-0.15, -0.1) is 11.3 Å². The van der Waals surface area contributed by atoms with Crippen LogP contribution in [0.2, 0.25) is 0 Å². The SMILES string of the molecule is CC(=O)Nc1ccc(C(=O)NC(CO)(CO)CO)s1. The molecule has 0 bridgehead atoms. The Hall–Kier alpha value is -1.48. The Kier molecular flexibility index (Phi) is 5.43. The molecule has 0 aliphatic rings. The molecule has 7 nitrogen and oxygen atoms in total. The highest BCUT2D eigenvalue weighted by Crippen LogP contribution is 2.22. The van der Waals surface area contributed by atoms with Crippen LogP contribution in [0, 0.1) is 0 Å². The lowest BCUT2D eigenvalue weighted by atomic mass is 10.0. The largest absolute Gasteiger partial charge is 0.394 e. The number of hydrogen-bond acceptors (Lipinski definition) is 6. The van der Waals surface area contributed by atoms with E-state index in [1.54, 1.807) is 6.07 Å². The Morgan fingerprint density at radius 2 is 1.79 bits per heavy atom. The molecule has 0 fully saturated rings. The first-order chi connectivity index (χ1) is 8.96. The van der Waals surface area contributed by atoms with Crippen LogP contribution in [0.4, 0.5) is 5.00 Å². The fourth-order valence-electron chi connectivity index (χ4n) is 1.27. The van der Waals surface area contributed by atoms with Gasteiger partial charge in [-0.1, -0.05) is 0 Å². The second-order valence-electron chi connectivity index (χ2n) is 4.05. The van der Waals surface area contributed by atoms with E-state index in [0.29, 0.717) is 9.88 Å². The van der Waals surface area contributed by atoms with Gasteiger partial charge < -0.3 is 26.0 Å². The zero-order valence-corrected chi connectivity index (χ0v) is 11.2.